The van der Waals surface area contributed by atoms with Gasteiger partial charge in [0, 0.05) is 37.3 Å². The van der Waals surface area contributed by atoms with E-state index in [-0.39, 0.29) is 59.1 Å². The Labute approximate surface area is 262 Å². The molecule has 5 rings (SSSR count). The molecule has 232 valence electrons. The van der Waals surface area contributed by atoms with Crippen LogP contribution in [0.4, 0.5) is 0 Å². The van der Waals surface area contributed by atoms with Gasteiger partial charge in [-0.15, -0.1) is 6.58 Å². The van der Waals surface area contributed by atoms with E-state index in [9.17, 15) is 19.2 Å². The minimum atomic E-state index is -0.505. The average molecular weight is 595 g/mol. The van der Waals surface area contributed by atoms with Crippen molar-refractivity contribution in [1.29, 1.82) is 0 Å². The Bertz CT molecular complexity index is 1450. The van der Waals surface area contributed by atoms with Crippen LogP contribution >= 0.6 is 0 Å². The van der Waals surface area contributed by atoms with Gasteiger partial charge in [-0.3, -0.25) is 29.0 Å². The lowest BCUT2D eigenvalue weighted by Crippen LogP contribution is -2.34. The summed E-state index contributed by atoms with van der Waals surface area (Å²) in [6.45, 7) is 14.9. The first-order chi connectivity index (χ1) is 21.0. The molecule has 0 N–H and O–H groups in total. The van der Waals surface area contributed by atoms with Crippen LogP contribution in [0.15, 0.2) is 84.5 Å². The van der Waals surface area contributed by atoms with Gasteiger partial charge in [0.15, 0.2) is 0 Å². The molecule has 4 amide bonds. The zero-order valence-corrected chi connectivity index (χ0v) is 26.9. The topological polar surface area (TPSA) is 74.8 Å². The summed E-state index contributed by atoms with van der Waals surface area (Å²) in [5, 5.41) is 0. The van der Waals surface area contributed by atoms with Crippen molar-refractivity contribution in [3.8, 4) is 0 Å². The van der Waals surface area contributed by atoms with Gasteiger partial charge in [0.1, 0.15) is 0 Å². The lowest BCUT2D eigenvalue weighted by Gasteiger charge is -2.23. The van der Waals surface area contributed by atoms with E-state index in [2.05, 4.69) is 70.7 Å². The van der Waals surface area contributed by atoms with Crippen molar-refractivity contribution in [3.05, 3.63) is 90.1 Å². The maximum Gasteiger partial charge on any atom is 0.234 e. The first-order valence-electron chi connectivity index (χ1n) is 16.2. The van der Waals surface area contributed by atoms with E-state index in [1.54, 1.807) is 7.05 Å². The van der Waals surface area contributed by atoms with Gasteiger partial charge in [0.2, 0.25) is 23.6 Å². The van der Waals surface area contributed by atoms with Crippen LogP contribution in [0.25, 0.3) is 6.08 Å². The van der Waals surface area contributed by atoms with Crippen molar-refractivity contribution in [2.45, 2.75) is 41.0 Å². The van der Waals surface area contributed by atoms with Crippen molar-refractivity contribution in [1.82, 2.24) is 9.80 Å². The number of benzene rings is 1. The van der Waals surface area contributed by atoms with Gasteiger partial charge < -0.3 is 0 Å². The largest absolute Gasteiger partial charge is 0.285 e. The summed E-state index contributed by atoms with van der Waals surface area (Å²) in [6.07, 6.45) is 15.2. The summed E-state index contributed by atoms with van der Waals surface area (Å²) in [6, 6.07) is 10.0. The quantitative estimate of drug-likeness (QED) is 0.247. The molecule has 44 heavy (non-hydrogen) atoms. The fourth-order valence-corrected chi connectivity index (χ4v) is 8.07. The maximum absolute atomic E-state index is 14.0. The van der Waals surface area contributed by atoms with Gasteiger partial charge in [0.05, 0.1) is 23.7 Å². The van der Waals surface area contributed by atoms with Crippen molar-refractivity contribution in [2.24, 2.45) is 59.2 Å². The molecule has 0 spiro atoms. The highest BCUT2D eigenvalue weighted by Crippen LogP contribution is 2.55. The molecule has 2 heterocycles. The van der Waals surface area contributed by atoms with Gasteiger partial charge >= 0.3 is 0 Å². The lowest BCUT2D eigenvalue weighted by molar-refractivity contribution is -0.141. The SMILES string of the molecule is C=C[C@H]1C(=CC(C)C)[C@@H](/C=C\[C@H]2C(=CC(C)C)[C@@H](C=Cc3ccccc3)[C@@H]3C(=O)N(CCC)C(=O)[C@@H]32)[C@@H]2C(=O)N(C)C(=O)[C@@H]21. The molecule has 0 bridgehead atoms. The van der Waals surface area contributed by atoms with Gasteiger partial charge in [0.25, 0.3) is 0 Å². The molecule has 6 heteroatoms. The molecule has 1 aromatic carbocycles. The second-order valence-electron chi connectivity index (χ2n) is 13.5. The fraction of sp³-hybridized carbons (Fsp3) is 0.474. The Hall–Kier alpha value is -3.80. The first-order valence-corrected chi connectivity index (χ1v) is 16.2. The number of likely N-dealkylation sites (tertiary alicyclic amines) is 2. The molecule has 6 nitrogen and oxygen atoms in total. The van der Waals surface area contributed by atoms with E-state index < -0.39 is 23.7 Å². The molecule has 4 aliphatic rings. The number of carbonyl (C=O) groups is 4. The van der Waals surface area contributed by atoms with Crippen LogP contribution in [-0.2, 0) is 19.2 Å². The van der Waals surface area contributed by atoms with Crippen LogP contribution in [0.3, 0.4) is 0 Å². The number of carbonyl (C=O) groups excluding carboxylic acids is 4. The number of hydrogen-bond acceptors (Lipinski definition) is 4. The highest BCUT2D eigenvalue weighted by Gasteiger charge is 2.60. The molecule has 0 radical (unpaired) electrons. The summed E-state index contributed by atoms with van der Waals surface area (Å²) in [7, 11) is 1.57. The molecule has 2 saturated heterocycles. The van der Waals surface area contributed by atoms with E-state index in [1.165, 1.54) is 9.80 Å². The molecule has 0 unspecified atom stereocenters. The van der Waals surface area contributed by atoms with E-state index in [4.69, 9.17) is 0 Å². The van der Waals surface area contributed by atoms with Crippen LogP contribution in [0.2, 0.25) is 0 Å². The van der Waals surface area contributed by atoms with Gasteiger partial charge in [-0.25, -0.2) is 0 Å². The molecule has 1 aromatic rings. The zero-order chi connectivity index (χ0) is 31.9. The van der Waals surface area contributed by atoms with Crippen molar-refractivity contribution < 1.29 is 19.2 Å². The van der Waals surface area contributed by atoms with Crippen LogP contribution in [0, 0.1) is 59.2 Å². The van der Waals surface area contributed by atoms with Gasteiger partial charge in [-0.05, 0) is 23.8 Å². The van der Waals surface area contributed by atoms with Gasteiger partial charge in [-0.2, -0.15) is 0 Å². The molecule has 2 aliphatic heterocycles. The Morgan fingerprint density at radius 1 is 0.705 bits per heavy atom. The van der Waals surface area contributed by atoms with Crippen LogP contribution in [0.1, 0.15) is 46.6 Å². The Morgan fingerprint density at radius 3 is 1.64 bits per heavy atom. The minimum Gasteiger partial charge on any atom is -0.285 e. The highest BCUT2D eigenvalue weighted by atomic mass is 16.2. The minimum absolute atomic E-state index is 0.0960. The zero-order valence-electron chi connectivity index (χ0n) is 26.9. The molecule has 2 aliphatic carbocycles. The second kappa shape index (κ2) is 12.7. The summed E-state index contributed by atoms with van der Waals surface area (Å²) in [5.41, 5.74) is 3.16. The molecule has 8 atom stereocenters. The number of amides is 4. The Balaban J connectivity index is 1.62. The summed E-state index contributed by atoms with van der Waals surface area (Å²) < 4.78 is 0. The number of fused-ring (bicyclic) bond motifs is 2. The third-order valence-corrected chi connectivity index (χ3v) is 9.77. The van der Waals surface area contributed by atoms with Crippen LogP contribution < -0.4 is 0 Å². The molecule has 4 fully saturated rings. The van der Waals surface area contributed by atoms with E-state index in [0.29, 0.717) is 13.0 Å². The number of nitrogens with zero attached hydrogens (tertiary/aromatic N) is 2. The summed E-state index contributed by atoms with van der Waals surface area (Å²) in [4.78, 5) is 57.3. The molecule has 2 saturated carbocycles. The van der Waals surface area contributed by atoms with Crippen molar-refractivity contribution >= 4 is 29.7 Å². The summed E-state index contributed by atoms with van der Waals surface area (Å²) in [5.74, 6) is -3.08. The lowest BCUT2D eigenvalue weighted by atomic mass is 9.84. The van der Waals surface area contributed by atoms with Crippen LogP contribution in [0.5, 0.6) is 0 Å². The molecule has 0 aromatic heterocycles. The van der Waals surface area contributed by atoms with Crippen LogP contribution in [-0.4, -0.2) is 47.0 Å². The maximum atomic E-state index is 14.0. The Kier molecular flexibility index (Phi) is 9.10. The van der Waals surface area contributed by atoms with E-state index >= 15 is 0 Å². The van der Waals surface area contributed by atoms with Crippen molar-refractivity contribution in [3.63, 3.8) is 0 Å². The average Bonchev–Trinajstić information content (AvgIpc) is 3.61. The molecular formula is C38H46N2O4. The summed E-state index contributed by atoms with van der Waals surface area (Å²) >= 11 is 0. The third-order valence-electron chi connectivity index (χ3n) is 9.77. The monoisotopic (exact) mass is 594 g/mol. The smallest absolute Gasteiger partial charge is 0.234 e. The predicted molar refractivity (Wildman–Crippen MR) is 173 cm³/mol. The second-order valence-corrected chi connectivity index (χ2v) is 13.5. The van der Waals surface area contributed by atoms with Gasteiger partial charge in [-0.1, -0.05) is 119 Å². The standard InChI is InChI=1S/C38H46N2O4/c1-8-19-40-37(43)33-26(16-15-24-13-11-10-12-14-24)30(21-23(5)6)28(34(33)38(40)44)18-17-27-29(20-22(3)4)25(9-2)31-32(27)36(42)39(7)35(31)41/h9-18,20-23,25-28,31-34H,2,8,19H2,1,3-7H3/b16-15?,18-17-,29-20?,30-21?/t25-,26+,27+,28-,31+,32-,33-,34+/m0/s1. The third kappa shape index (κ3) is 5.37. The predicted octanol–water partition coefficient (Wildman–Crippen LogP) is 6.34. The Morgan fingerprint density at radius 2 is 1.16 bits per heavy atom. The number of hydrogen-bond donors (Lipinski definition) is 0. The number of imide groups is 2. The van der Waals surface area contributed by atoms with Crippen molar-refractivity contribution in [2.75, 3.05) is 13.6 Å². The normalized spacial score (nSPS) is 33.9. The fourth-order valence-electron chi connectivity index (χ4n) is 8.07. The first kappa shape index (κ1) is 31.6. The number of allylic oxidation sites excluding steroid dienone is 8. The van der Waals surface area contributed by atoms with E-state index in [0.717, 1.165) is 16.7 Å². The van der Waals surface area contributed by atoms with E-state index in [1.807, 2.05) is 43.3 Å². The molecular weight excluding hydrogens is 548 g/mol. The number of rotatable bonds is 9. The highest BCUT2D eigenvalue weighted by molar-refractivity contribution is 6.07.